The van der Waals surface area contributed by atoms with Crippen molar-refractivity contribution in [2.75, 3.05) is 38.0 Å². The van der Waals surface area contributed by atoms with Gasteiger partial charge in [-0.2, -0.15) is 0 Å². The van der Waals surface area contributed by atoms with Gasteiger partial charge in [0.05, 0.1) is 12.8 Å². The summed E-state index contributed by atoms with van der Waals surface area (Å²) in [5.41, 5.74) is 1.81. The first-order chi connectivity index (χ1) is 15.1. The molecule has 0 spiro atoms. The molecule has 1 aliphatic heterocycles. The second-order valence-corrected chi connectivity index (χ2v) is 8.13. The summed E-state index contributed by atoms with van der Waals surface area (Å²) in [5.74, 6) is 1.76. The number of furan rings is 1. The van der Waals surface area contributed by atoms with E-state index in [4.69, 9.17) is 4.42 Å². The zero-order valence-corrected chi connectivity index (χ0v) is 18.7. The van der Waals surface area contributed by atoms with E-state index in [2.05, 4.69) is 39.7 Å². The van der Waals surface area contributed by atoms with Crippen molar-refractivity contribution in [3.63, 3.8) is 0 Å². The molecule has 1 fully saturated rings. The predicted octanol–water partition coefficient (Wildman–Crippen LogP) is 3.71. The highest BCUT2D eigenvalue weighted by Crippen LogP contribution is 2.16. The van der Waals surface area contributed by atoms with E-state index in [-0.39, 0.29) is 5.91 Å². The van der Waals surface area contributed by atoms with Crippen LogP contribution >= 0.6 is 0 Å². The van der Waals surface area contributed by atoms with Gasteiger partial charge in [-0.1, -0.05) is 19.1 Å². The predicted molar refractivity (Wildman–Crippen MR) is 125 cm³/mol. The third-order valence-corrected chi connectivity index (χ3v) is 5.54. The standard InChI is InChI=1S/C24H35N5O2/c1-3-25-24(26-13-5-14-29-15-11-19(2)12-16-29)27-18-20-7-9-21(10-8-20)28-23(30)22-6-4-17-31-22/h4,6-10,17,19H,3,5,11-16,18H2,1-2H3,(H,28,30)(H2,25,26,27). The van der Waals surface area contributed by atoms with Crippen molar-refractivity contribution in [3.8, 4) is 0 Å². The van der Waals surface area contributed by atoms with Crippen molar-refractivity contribution < 1.29 is 9.21 Å². The van der Waals surface area contributed by atoms with Crippen LogP contribution in [0.25, 0.3) is 0 Å². The Bertz CT molecular complexity index is 809. The van der Waals surface area contributed by atoms with Crippen molar-refractivity contribution in [2.24, 2.45) is 10.9 Å². The summed E-state index contributed by atoms with van der Waals surface area (Å²) < 4.78 is 5.11. The number of piperidine rings is 1. The maximum Gasteiger partial charge on any atom is 0.291 e. The van der Waals surface area contributed by atoms with Crippen molar-refractivity contribution in [2.45, 2.75) is 39.7 Å². The highest BCUT2D eigenvalue weighted by Gasteiger charge is 2.14. The summed E-state index contributed by atoms with van der Waals surface area (Å²) in [6.45, 7) is 10.3. The SMILES string of the molecule is CCNC(=NCc1ccc(NC(=O)c2ccco2)cc1)NCCCN1CCC(C)CC1. The van der Waals surface area contributed by atoms with Gasteiger partial charge in [0.15, 0.2) is 11.7 Å². The molecule has 7 heteroatoms. The maximum absolute atomic E-state index is 12.0. The molecule has 0 aliphatic carbocycles. The maximum atomic E-state index is 12.0. The van der Waals surface area contributed by atoms with Gasteiger partial charge in [-0.25, -0.2) is 4.99 Å². The monoisotopic (exact) mass is 425 g/mol. The van der Waals surface area contributed by atoms with E-state index in [1.54, 1.807) is 12.1 Å². The summed E-state index contributed by atoms with van der Waals surface area (Å²) >= 11 is 0. The first-order valence-corrected chi connectivity index (χ1v) is 11.3. The highest BCUT2D eigenvalue weighted by molar-refractivity contribution is 6.02. The topological polar surface area (TPSA) is 81.9 Å². The molecule has 0 bridgehead atoms. The van der Waals surface area contributed by atoms with E-state index >= 15 is 0 Å². The molecule has 31 heavy (non-hydrogen) atoms. The number of hydrogen-bond acceptors (Lipinski definition) is 4. The number of amides is 1. The van der Waals surface area contributed by atoms with Gasteiger partial charge in [-0.3, -0.25) is 4.79 Å². The van der Waals surface area contributed by atoms with Crippen LogP contribution in [0.5, 0.6) is 0 Å². The number of carbonyl (C=O) groups is 1. The quantitative estimate of drug-likeness (QED) is 0.324. The molecule has 2 heterocycles. The van der Waals surface area contributed by atoms with E-state index < -0.39 is 0 Å². The molecule has 7 nitrogen and oxygen atoms in total. The lowest BCUT2D eigenvalue weighted by Crippen LogP contribution is -2.39. The number of rotatable bonds is 9. The molecule has 1 aromatic heterocycles. The third kappa shape index (κ3) is 7.75. The second-order valence-electron chi connectivity index (χ2n) is 8.13. The Morgan fingerprint density at radius 1 is 1.16 bits per heavy atom. The molecule has 1 aromatic carbocycles. The first-order valence-electron chi connectivity index (χ1n) is 11.3. The number of carbonyl (C=O) groups excluding carboxylic acids is 1. The third-order valence-electron chi connectivity index (χ3n) is 5.54. The van der Waals surface area contributed by atoms with Gasteiger partial charge in [0.1, 0.15) is 0 Å². The largest absolute Gasteiger partial charge is 0.459 e. The molecule has 0 saturated carbocycles. The minimum Gasteiger partial charge on any atom is -0.459 e. The minimum atomic E-state index is -0.256. The number of guanidine groups is 1. The van der Waals surface area contributed by atoms with Gasteiger partial charge in [0.25, 0.3) is 5.91 Å². The molecular weight excluding hydrogens is 390 g/mol. The van der Waals surface area contributed by atoms with Gasteiger partial charge in [-0.05, 0) is 81.6 Å². The molecule has 0 atom stereocenters. The molecule has 1 saturated heterocycles. The van der Waals surface area contributed by atoms with Gasteiger partial charge < -0.3 is 25.3 Å². The van der Waals surface area contributed by atoms with Gasteiger partial charge in [0, 0.05) is 18.8 Å². The van der Waals surface area contributed by atoms with E-state index in [1.807, 2.05) is 24.3 Å². The summed E-state index contributed by atoms with van der Waals surface area (Å²) in [6, 6.07) is 11.0. The molecule has 1 amide bonds. The Balaban J connectivity index is 1.42. The van der Waals surface area contributed by atoms with E-state index in [1.165, 1.54) is 32.2 Å². The summed E-state index contributed by atoms with van der Waals surface area (Å²) in [5, 5.41) is 9.57. The Morgan fingerprint density at radius 3 is 2.61 bits per heavy atom. The van der Waals surface area contributed by atoms with E-state index in [0.29, 0.717) is 12.3 Å². The number of likely N-dealkylation sites (tertiary alicyclic amines) is 1. The zero-order valence-electron chi connectivity index (χ0n) is 18.7. The van der Waals surface area contributed by atoms with Crippen molar-refractivity contribution in [1.29, 1.82) is 0 Å². The fourth-order valence-electron chi connectivity index (χ4n) is 3.60. The molecule has 1 aliphatic rings. The molecule has 2 aromatic rings. The van der Waals surface area contributed by atoms with E-state index in [9.17, 15) is 4.79 Å². The molecule has 0 unspecified atom stereocenters. The van der Waals surface area contributed by atoms with Crippen LogP contribution in [-0.2, 0) is 6.54 Å². The average molecular weight is 426 g/mol. The molecule has 0 radical (unpaired) electrons. The van der Waals surface area contributed by atoms with Gasteiger partial charge in [-0.15, -0.1) is 0 Å². The summed E-state index contributed by atoms with van der Waals surface area (Å²) in [4.78, 5) is 19.3. The Hall–Kier alpha value is -2.80. The molecule has 168 valence electrons. The van der Waals surface area contributed by atoms with E-state index in [0.717, 1.165) is 49.2 Å². The van der Waals surface area contributed by atoms with Crippen LogP contribution in [-0.4, -0.2) is 49.5 Å². The normalized spacial score (nSPS) is 15.6. The van der Waals surface area contributed by atoms with Crippen molar-refractivity contribution >= 4 is 17.6 Å². The number of hydrogen-bond donors (Lipinski definition) is 3. The van der Waals surface area contributed by atoms with Crippen LogP contribution in [0.4, 0.5) is 5.69 Å². The zero-order chi connectivity index (χ0) is 21.9. The highest BCUT2D eigenvalue weighted by atomic mass is 16.3. The van der Waals surface area contributed by atoms with Crippen LogP contribution in [0.15, 0.2) is 52.1 Å². The molecular formula is C24H35N5O2. The lowest BCUT2D eigenvalue weighted by molar-refractivity contribution is 0.0996. The first kappa shape index (κ1) is 22.9. The van der Waals surface area contributed by atoms with Crippen LogP contribution in [0.3, 0.4) is 0 Å². The van der Waals surface area contributed by atoms with Crippen LogP contribution < -0.4 is 16.0 Å². The lowest BCUT2D eigenvalue weighted by atomic mass is 9.99. The summed E-state index contributed by atoms with van der Waals surface area (Å²) in [6.07, 6.45) is 5.24. The van der Waals surface area contributed by atoms with Gasteiger partial charge >= 0.3 is 0 Å². The average Bonchev–Trinajstić information content (AvgIpc) is 3.32. The summed E-state index contributed by atoms with van der Waals surface area (Å²) in [7, 11) is 0. The van der Waals surface area contributed by atoms with Crippen LogP contribution in [0.1, 0.15) is 49.2 Å². The Kier molecular flexibility index (Phi) is 8.97. The van der Waals surface area contributed by atoms with Crippen molar-refractivity contribution in [1.82, 2.24) is 15.5 Å². The van der Waals surface area contributed by atoms with Crippen LogP contribution in [0.2, 0.25) is 0 Å². The minimum absolute atomic E-state index is 0.256. The van der Waals surface area contributed by atoms with Crippen molar-refractivity contribution in [3.05, 3.63) is 54.0 Å². The number of nitrogens with zero attached hydrogens (tertiary/aromatic N) is 2. The fourth-order valence-corrected chi connectivity index (χ4v) is 3.60. The fraction of sp³-hybridized carbons (Fsp3) is 0.500. The Labute approximate surface area is 185 Å². The smallest absolute Gasteiger partial charge is 0.291 e. The lowest BCUT2D eigenvalue weighted by Gasteiger charge is -2.30. The molecule has 3 N–H and O–H groups in total. The van der Waals surface area contributed by atoms with Gasteiger partial charge in [0.2, 0.25) is 0 Å². The number of nitrogens with one attached hydrogen (secondary N) is 3. The van der Waals surface area contributed by atoms with Crippen LogP contribution in [0, 0.1) is 5.92 Å². The second kappa shape index (κ2) is 12.2. The Morgan fingerprint density at radius 2 is 1.94 bits per heavy atom. The number of anilines is 1. The number of aliphatic imine (C=N–C) groups is 1. The number of benzene rings is 1. The molecule has 3 rings (SSSR count).